The number of carbonyl (C=O) groups is 1. The molecular weight excluding hydrogens is 535 g/mol. The molecule has 4 heterocycles. The first-order valence-corrected chi connectivity index (χ1v) is 12.6. The molecule has 0 saturated carbocycles. The molecule has 8 nitrogen and oxygen atoms in total. The van der Waals surface area contributed by atoms with E-state index in [1.807, 2.05) is 0 Å². The van der Waals surface area contributed by atoms with Gasteiger partial charge in [-0.05, 0) is 48.7 Å². The Morgan fingerprint density at radius 2 is 1.87 bits per heavy atom. The SMILES string of the molecule is COc1ccc(C2CC(C(F)F)n3nc(-c4ccc(C(=O)N5C[C@@H]6C[C@H]5CN6)cc4F)cc3N2)cc1OC.Cl. The zero-order valence-electron chi connectivity index (χ0n) is 21.4. The third-order valence-electron chi connectivity index (χ3n) is 7.76. The molecule has 4 atom stereocenters. The molecule has 2 fully saturated rings. The lowest BCUT2D eigenvalue weighted by Gasteiger charge is -2.32. The third kappa shape index (κ3) is 4.78. The Morgan fingerprint density at radius 1 is 1.08 bits per heavy atom. The number of rotatable bonds is 6. The number of fused-ring (bicyclic) bond motifs is 3. The van der Waals surface area contributed by atoms with Gasteiger partial charge >= 0.3 is 0 Å². The molecule has 0 aliphatic carbocycles. The van der Waals surface area contributed by atoms with Crippen molar-refractivity contribution in [3.05, 3.63) is 59.4 Å². The van der Waals surface area contributed by atoms with E-state index in [1.54, 1.807) is 35.2 Å². The lowest BCUT2D eigenvalue weighted by Crippen LogP contribution is -2.46. The summed E-state index contributed by atoms with van der Waals surface area (Å²) in [6, 6.07) is 9.89. The fourth-order valence-corrected chi connectivity index (χ4v) is 5.80. The van der Waals surface area contributed by atoms with E-state index in [2.05, 4.69) is 15.7 Å². The van der Waals surface area contributed by atoms with E-state index >= 15 is 4.39 Å². The number of hydrogen-bond acceptors (Lipinski definition) is 6. The highest BCUT2D eigenvalue weighted by molar-refractivity contribution is 5.95. The summed E-state index contributed by atoms with van der Waals surface area (Å²) in [4.78, 5) is 14.8. The van der Waals surface area contributed by atoms with E-state index in [1.165, 1.54) is 31.0 Å². The standard InChI is InChI=1S/C27H28F3N5O3.ClH/c1-37-23-6-4-14(8-24(23)38-2)20-10-22(26(29)30)35-25(32-20)11-21(33-35)18-5-3-15(7-19(18)28)27(36)34-13-16-9-17(34)12-31-16;/h3-8,11,16-17,20,22,26,31-32H,9-10,12-13H2,1-2H3;1H/t16-,17-,20?,22?;/m0./s1. The molecule has 2 saturated heterocycles. The maximum Gasteiger partial charge on any atom is 0.260 e. The van der Waals surface area contributed by atoms with Crippen molar-refractivity contribution in [2.24, 2.45) is 0 Å². The van der Waals surface area contributed by atoms with Crippen LogP contribution >= 0.6 is 12.4 Å². The molecule has 2 aromatic carbocycles. The fraction of sp³-hybridized carbons (Fsp3) is 0.407. The number of nitrogens with zero attached hydrogens (tertiary/aromatic N) is 3. The average Bonchev–Trinajstić information content (AvgIpc) is 3.67. The highest BCUT2D eigenvalue weighted by Gasteiger charge is 2.40. The number of aromatic nitrogens is 2. The molecule has 3 aliphatic heterocycles. The first kappa shape index (κ1) is 27.1. The van der Waals surface area contributed by atoms with Crippen LogP contribution in [0.5, 0.6) is 11.5 Å². The van der Waals surface area contributed by atoms with Gasteiger partial charge in [0.15, 0.2) is 11.5 Å². The minimum Gasteiger partial charge on any atom is -0.493 e. The molecule has 1 aromatic heterocycles. The molecule has 12 heteroatoms. The minimum absolute atomic E-state index is 0. The quantitative estimate of drug-likeness (QED) is 0.453. The number of nitrogens with one attached hydrogen (secondary N) is 2. The number of benzene rings is 2. The van der Waals surface area contributed by atoms with Gasteiger partial charge in [-0.3, -0.25) is 4.79 Å². The fourth-order valence-electron chi connectivity index (χ4n) is 5.80. The second-order valence-electron chi connectivity index (χ2n) is 9.96. The molecule has 3 aliphatic rings. The van der Waals surface area contributed by atoms with Crippen LogP contribution in [-0.2, 0) is 0 Å². The summed E-state index contributed by atoms with van der Waals surface area (Å²) >= 11 is 0. The van der Waals surface area contributed by atoms with Crippen molar-refractivity contribution >= 4 is 24.1 Å². The Balaban J connectivity index is 0.00000308. The first-order valence-electron chi connectivity index (χ1n) is 12.6. The van der Waals surface area contributed by atoms with Crippen molar-refractivity contribution in [1.82, 2.24) is 20.0 Å². The molecule has 2 unspecified atom stereocenters. The number of ether oxygens (including phenoxy) is 2. The van der Waals surface area contributed by atoms with Crippen LogP contribution in [0.1, 0.15) is 40.8 Å². The second kappa shape index (κ2) is 10.6. The van der Waals surface area contributed by atoms with Crippen LogP contribution in [0, 0.1) is 5.82 Å². The van der Waals surface area contributed by atoms with E-state index in [-0.39, 0.29) is 47.6 Å². The van der Waals surface area contributed by atoms with Crippen molar-refractivity contribution in [3.8, 4) is 22.8 Å². The van der Waals surface area contributed by atoms with Gasteiger partial charge in [0.1, 0.15) is 17.7 Å². The molecule has 2 N–H and O–H groups in total. The number of likely N-dealkylation sites (tertiary alicyclic amines) is 1. The smallest absolute Gasteiger partial charge is 0.260 e. The number of amides is 1. The normalized spacial score (nSPS) is 23.3. The molecule has 0 spiro atoms. The van der Waals surface area contributed by atoms with Gasteiger partial charge < -0.3 is 25.0 Å². The topological polar surface area (TPSA) is 80.7 Å². The number of anilines is 1. The van der Waals surface area contributed by atoms with Crippen molar-refractivity contribution in [2.45, 2.75) is 43.4 Å². The van der Waals surface area contributed by atoms with Crippen molar-refractivity contribution < 1.29 is 27.4 Å². The Labute approximate surface area is 229 Å². The number of carbonyl (C=O) groups excluding carboxylic acids is 1. The van der Waals surface area contributed by atoms with Crippen LogP contribution in [-0.4, -0.2) is 66.4 Å². The Hall–Kier alpha value is -3.44. The van der Waals surface area contributed by atoms with Gasteiger partial charge in [-0.15, -0.1) is 12.4 Å². The van der Waals surface area contributed by atoms with Crippen molar-refractivity contribution in [2.75, 3.05) is 32.6 Å². The Morgan fingerprint density at radius 3 is 2.51 bits per heavy atom. The number of piperazine rings is 1. The highest BCUT2D eigenvalue weighted by Crippen LogP contribution is 2.41. The molecule has 39 heavy (non-hydrogen) atoms. The van der Waals surface area contributed by atoms with Gasteiger partial charge in [0.05, 0.1) is 26.0 Å². The van der Waals surface area contributed by atoms with Crippen LogP contribution in [0.2, 0.25) is 0 Å². The van der Waals surface area contributed by atoms with Crippen LogP contribution in [0.25, 0.3) is 11.3 Å². The second-order valence-corrected chi connectivity index (χ2v) is 9.96. The highest BCUT2D eigenvalue weighted by atomic mass is 35.5. The van der Waals surface area contributed by atoms with E-state index in [0.717, 1.165) is 18.5 Å². The largest absolute Gasteiger partial charge is 0.493 e. The molecule has 6 rings (SSSR count). The van der Waals surface area contributed by atoms with Gasteiger partial charge in [0.25, 0.3) is 12.3 Å². The number of methoxy groups -OCH3 is 2. The predicted molar refractivity (Wildman–Crippen MR) is 142 cm³/mol. The van der Waals surface area contributed by atoms with E-state index in [4.69, 9.17) is 9.47 Å². The zero-order chi connectivity index (χ0) is 26.6. The lowest BCUT2D eigenvalue weighted by molar-refractivity contribution is 0.0659. The summed E-state index contributed by atoms with van der Waals surface area (Å²) in [7, 11) is 3.04. The summed E-state index contributed by atoms with van der Waals surface area (Å²) in [6.45, 7) is 1.36. The van der Waals surface area contributed by atoms with Gasteiger partial charge in [-0.25, -0.2) is 17.9 Å². The molecule has 1 amide bonds. The average molecular weight is 564 g/mol. The van der Waals surface area contributed by atoms with Crippen molar-refractivity contribution in [3.63, 3.8) is 0 Å². The van der Waals surface area contributed by atoms with Crippen LogP contribution in [0.3, 0.4) is 0 Å². The maximum atomic E-state index is 15.3. The molecule has 208 valence electrons. The van der Waals surface area contributed by atoms with E-state index < -0.39 is 24.3 Å². The van der Waals surface area contributed by atoms with E-state index in [0.29, 0.717) is 29.9 Å². The van der Waals surface area contributed by atoms with Gasteiger partial charge in [-0.1, -0.05) is 6.07 Å². The predicted octanol–water partition coefficient (Wildman–Crippen LogP) is 4.68. The first-order chi connectivity index (χ1) is 18.4. The zero-order valence-corrected chi connectivity index (χ0v) is 22.2. The molecule has 0 radical (unpaired) electrons. The van der Waals surface area contributed by atoms with Crippen LogP contribution in [0.15, 0.2) is 42.5 Å². The summed E-state index contributed by atoms with van der Waals surface area (Å²) in [6.07, 6.45) is -1.69. The monoisotopic (exact) mass is 563 g/mol. The number of alkyl halides is 2. The van der Waals surface area contributed by atoms with E-state index in [9.17, 15) is 13.6 Å². The van der Waals surface area contributed by atoms with Crippen molar-refractivity contribution in [1.29, 1.82) is 0 Å². The summed E-state index contributed by atoms with van der Waals surface area (Å²) in [5, 5.41) is 10.9. The van der Waals surface area contributed by atoms with Gasteiger partial charge in [0, 0.05) is 42.4 Å². The lowest BCUT2D eigenvalue weighted by atomic mass is 9.97. The Bertz CT molecular complexity index is 1390. The third-order valence-corrected chi connectivity index (χ3v) is 7.76. The number of hydrogen-bond donors (Lipinski definition) is 2. The summed E-state index contributed by atoms with van der Waals surface area (Å²) < 4.78 is 55.4. The maximum absolute atomic E-state index is 15.3. The van der Waals surface area contributed by atoms with Crippen LogP contribution in [0.4, 0.5) is 19.0 Å². The molecule has 3 aromatic rings. The summed E-state index contributed by atoms with van der Waals surface area (Å²) in [5.74, 6) is 0.562. The Kier molecular flexibility index (Phi) is 7.39. The number of halogens is 4. The van der Waals surface area contributed by atoms with Crippen LogP contribution < -0.4 is 20.1 Å². The van der Waals surface area contributed by atoms with Gasteiger partial charge in [-0.2, -0.15) is 5.10 Å². The summed E-state index contributed by atoms with van der Waals surface area (Å²) in [5.41, 5.74) is 1.37. The molecular formula is C27H29ClF3N5O3. The minimum atomic E-state index is -2.68. The molecule has 2 bridgehead atoms. The van der Waals surface area contributed by atoms with Gasteiger partial charge in [0.2, 0.25) is 0 Å².